The fourth-order valence-corrected chi connectivity index (χ4v) is 6.02. The van der Waals surface area contributed by atoms with Gasteiger partial charge >= 0.3 is 0 Å². The van der Waals surface area contributed by atoms with E-state index in [1.165, 1.54) is 11.1 Å². The summed E-state index contributed by atoms with van der Waals surface area (Å²) in [5.74, 6) is -0.0696. The first kappa shape index (κ1) is 28.6. The van der Waals surface area contributed by atoms with Crippen molar-refractivity contribution in [3.63, 3.8) is 0 Å². The Bertz CT molecular complexity index is 1440. The maximum atomic E-state index is 13.0. The normalized spacial score (nSPS) is 16.2. The van der Waals surface area contributed by atoms with Crippen molar-refractivity contribution in [1.82, 2.24) is 24.9 Å². The Labute approximate surface area is 241 Å². The highest BCUT2D eigenvalue weighted by atomic mass is 16.3. The van der Waals surface area contributed by atoms with Gasteiger partial charge in [-0.2, -0.15) is 10.2 Å². The Kier molecular flexibility index (Phi) is 8.85. The van der Waals surface area contributed by atoms with E-state index >= 15 is 0 Å². The molecule has 1 saturated carbocycles. The van der Waals surface area contributed by atoms with E-state index in [1.54, 1.807) is 26.2 Å². The maximum absolute atomic E-state index is 13.0. The number of aryl methyl sites for hydroxylation is 2. The Balaban J connectivity index is 1.35. The summed E-state index contributed by atoms with van der Waals surface area (Å²) in [6, 6.07) is 19.1. The van der Waals surface area contributed by atoms with Crippen molar-refractivity contribution in [2.75, 3.05) is 5.32 Å². The number of nitrogens with one attached hydrogen (secondary N) is 2. The first-order valence-corrected chi connectivity index (χ1v) is 14.4. The van der Waals surface area contributed by atoms with Crippen LogP contribution in [-0.2, 0) is 13.6 Å². The Morgan fingerprint density at radius 2 is 1.73 bits per heavy atom. The molecule has 9 nitrogen and oxygen atoms in total. The zero-order chi connectivity index (χ0) is 28.9. The van der Waals surface area contributed by atoms with E-state index in [9.17, 15) is 15.0 Å². The number of anilines is 1. The number of amides is 1. The lowest BCUT2D eigenvalue weighted by Crippen LogP contribution is -2.52. The van der Waals surface area contributed by atoms with Gasteiger partial charge in [0.05, 0.1) is 30.1 Å². The number of carbonyl (C=O) groups excluding carboxylic acids is 1. The van der Waals surface area contributed by atoms with E-state index in [4.69, 9.17) is 5.10 Å². The standard InChI is InChI=1S/C32H40N6O3/c1-21-28(30(22(2)39)38(36-21)20-23-10-6-4-7-11-23)24-14-16-26(17-15-24)34-32(41)29(25-12-8-5-9-13-25)35-31(40)27-18-19-33-37(27)3/h4,6-7,10-11,14-19,22,25,29,32,34,39,41H,5,8-9,12-13,20H2,1-3H3,(H,35,40)/t22?,29-,32?/m0/s1. The second kappa shape index (κ2) is 12.7. The zero-order valence-corrected chi connectivity index (χ0v) is 24.0. The molecule has 1 aliphatic rings. The summed E-state index contributed by atoms with van der Waals surface area (Å²) < 4.78 is 3.41. The minimum Gasteiger partial charge on any atom is -0.387 e. The van der Waals surface area contributed by atoms with Crippen molar-refractivity contribution >= 4 is 11.6 Å². The van der Waals surface area contributed by atoms with Crippen LogP contribution in [-0.4, -0.2) is 48.0 Å². The number of aliphatic hydroxyl groups is 2. The molecule has 1 aliphatic carbocycles. The third kappa shape index (κ3) is 6.52. The van der Waals surface area contributed by atoms with Crippen LogP contribution in [0.25, 0.3) is 11.1 Å². The van der Waals surface area contributed by atoms with Gasteiger partial charge in [-0.15, -0.1) is 0 Å². The van der Waals surface area contributed by atoms with Crippen molar-refractivity contribution < 1.29 is 15.0 Å². The van der Waals surface area contributed by atoms with Crippen molar-refractivity contribution in [2.45, 2.75) is 70.9 Å². The van der Waals surface area contributed by atoms with Crippen LogP contribution >= 0.6 is 0 Å². The largest absolute Gasteiger partial charge is 0.387 e. The molecule has 41 heavy (non-hydrogen) atoms. The van der Waals surface area contributed by atoms with Crippen molar-refractivity contribution in [1.29, 1.82) is 0 Å². The van der Waals surface area contributed by atoms with Crippen LogP contribution < -0.4 is 10.6 Å². The molecule has 1 amide bonds. The Morgan fingerprint density at radius 3 is 2.37 bits per heavy atom. The van der Waals surface area contributed by atoms with E-state index in [1.807, 2.05) is 66.2 Å². The van der Waals surface area contributed by atoms with E-state index < -0.39 is 18.4 Å². The lowest BCUT2D eigenvalue weighted by Gasteiger charge is -2.34. The summed E-state index contributed by atoms with van der Waals surface area (Å²) in [5, 5.41) is 37.2. The Morgan fingerprint density at radius 1 is 1.02 bits per heavy atom. The van der Waals surface area contributed by atoms with Gasteiger partial charge < -0.3 is 20.8 Å². The molecule has 2 heterocycles. The maximum Gasteiger partial charge on any atom is 0.269 e. The molecule has 0 spiro atoms. The average molecular weight is 557 g/mol. The van der Waals surface area contributed by atoms with Crippen LogP contribution in [0.2, 0.25) is 0 Å². The molecule has 1 fully saturated rings. The molecule has 5 rings (SSSR count). The summed E-state index contributed by atoms with van der Waals surface area (Å²) in [4.78, 5) is 13.0. The summed E-state index contributed by atoms with van der Waals surface area (Å²) in [7, 11) is 1.73. The minimum atomic E-state index is -0.968. The summed E-state index contributed by atoms with van der Waals surface area (Å²) >= 11 is 0. The molecule has 0 saturated heterocycles. The fourth-order valence-electron chi connectivity index (χ4n) is 6.02. The highest BCUT2D eigenvalue weighted by molar-refractivity contribution is 5.92. The molecule has 9 heteroatoms. The first-order chi connectivity index (χ1) is 19.8. The number of benzene rings is 2. The molecule has 0 bridgehead atoms. The quantitative estimate of drug-likeness (QED) is 0.209. The number of aromatic nitrogens is 4. The molecule has 2 aromatic heterocycles. The molecule has 216 valence electrons. The molecular weight excluding hydrogens is 516 g/mol. The second-order valence-corrected chi connectivity index (χ2v) is 11.1. The minimum absolute atomic E-state index is 0.175. The van der Waals surface area contributed by atoms with E-state index in [2.05, 4.69) is 15.7 Å². The second-order valence-electron chi connectivity index (χ2n) is 11.1. The predicted molar refractivity (Wildman–Crippen MR) is 159 cm³/mol. The average Bonchev–Trinajstić information content (AvgIpc) is 3.55. The predicted octanol–water partition coefficient (Wildman–Crippen LogP) is 4.80. The zero-order valence-electron chi connectivity index (χ0n) is 24.0. The molecule has 2 aromatic carbocycles. The molecule has 4 N–H and O–H groups in total. The van der Waals surface area contributed by atoms with Gasteiger partial charge in [0.25, 0.3) is 5.91 Å². The van der Waals surface area contributed by atoms with Gasteiger partial charge in [0.15, 0.2) is 0 Å². The number of carbonyl (C=O) groups is 1. The third-order valence-corrected chi connectivity index (χ3v) is 8.07. The van der Waals surface area contributed by atoms with Gasteiger partial charge in [0.2, 0.25) is 0 Å². The van der Waals surface area contributed by atoms with Crippen molar-refractivity contribution in [2.24, 2.45) is 13.0 Å². The number of aliphatic hydroxyl groups excluding tert-OH is 2. The summed E-state index contributed by atoms with van der Waals surface area (Å²) in [5.41, 5.74) is 5.76. The lowest BCUT2D eigenvalue weighted by molar-refractivity contribution is 0.0743. The summed E-state index contributed by atoms with van der Waals surface area (Å²) in [6.45, 7) is 4.29. The van der Waals surface area contributed by atoms with E-state index in [-0.39, 0.29) is 11.8 Å². The van der Waals surface area contributed by atoms with Crippen LogP contribution in [0.5, 0.6) is 0 Å². The van der Waals surface area contributed by atoms with Gasteiger partial charge in [0, 0.05) is 24.5 Å². The molecule has 0 radical (unpaired) electrons. The van der Waals surface area contributed by atoms with Crippen LogP contribution in [0, 0.1) is 12.8 Å². The Hall–Kier alpha value is -3.95. The van der Waals surface area contributed by atoms with Crippen LogP contribution in [0.3, 0.4) is 0 Å². The van der Waals surface area contributed by atoms with Gasteiger partial charge in [-0.3, -0.25) is 14.2 Å². The van der Waals surface area contributed by atoms with Gasteiger partial charge in [-0.1, -0.05) is 61.7 Å². The highest BCUT2D eigenvalue weighted by Crippen LogP contribution is 2.33. The third-order valence-electron chi connectivity index (χ3n) is 8.07. The number of hydrogen-bond donors (Lipinski definition) is 4. The summed E-state index contributed by atoms with van der Waals surface area (Å²) in [6.07, 6.45) is 5.21. The van der Waals surface area contributed by atoms with Gasteiger partial charge in [-0.05, 0) is 61.9 Å². The SMILES string of the molecule is Cc1nn(Cc2ccccc2)c(C(C)O)c1-c1ccc(NC(O)[C@@H](NC(=O)c2ccnn2C)C2CCCCC2)cc1. The fraction of sp³-hybridized carbons (Fsp3) is 0.406. The number of rotatable bonds is 10. The van der Waals surface area contributed by atoms with E-state index in [0.717, 1.165) is 59.4 Å². The monoisotopic (exact) mass is 556 g/mol. The van der Waals surface area contributed by atoms with E-state index in [0.29, 0.717) is 12.2 Å². The van der Waals surface area contributed by atoms with Gasteiger partial charge in [0.1, 0.15) is 11.9 Å². The van der Waals surface area contributed by atoms with Crippen LogP contribution in [0.1, 0.15) is 72.6 Å². The topological polar surface area (TPSA) is 117 Å². The molecule has 2 unspecified atom stereocenters. The molecule has 0 aliphatic heterocycles. The molecular formula is C32H40N6O3. The molecule has 3 atom stereocenters. The molecule has 4 aromatic rings. The van der Waals surface area contributed by atoms with Crippen molar-refractivity contribution in [3.8, 4) is 11.1 Å². The highest BCUT2D eigenvalue weighted by Gasteiger charge is 2.32. The smallest absolute Gasteiger partial charge is 0.269 e. The number of hydrogen-bond acceptors (Lipinski definition) is 6. The lowest BCUT2D eigenvalue weighted by atomic mass is 9.83. The number of nitrogens with zero attached hydrogens (tertiary/aromatic N) is 4. The van der Waals surface area contributed by atoms with Crippen LogP contribution in [0.15, 0.2) is 66.9 Å². The first-order valence-electron chi connectivity index (χ1n) is 14.4. The van der Waals surface area contributed by atoms with Crippen molar-refractivity contribution in [3.05, 3.63) is 89.5 Å². The van der Waals surface area contributed by atoms with Crippen LogP contribution in [0.4, 0.5) is 5.69 Å². The van der Waals surface area contributed by atoms with Gasteiger partial charge in [-0.25, -0.2) is 0 Å².